The normalized spacial score (nSPS) is 25.2. The Balaban J connectivity index is 1.73. The fourth-order valence-corrected chi connectivity index (χ4v) is 5.73. The number of benzene rings is 1. The number of amides is 2. The zero-order valence-corrected chi connectivity index (χ0v) is 22.5. The van der Waals surface area contributed by atoms with E-state index in [4.69, 9.17) is 14.2 Å². The Hall–Kier alpha value is -2.92. The number of nitrogens with zero attached hydrogens (tertiary/aromatic N) is 1. The number of aliphatic hydroxyl groups is 3. The van der Waals surface area contributed by atoms with Crippen molar-refractivity contribution < 1.29 is 39.1 Å². The number of hydrogen-bond donors (Lipinski definition) is 4. The molecule has 10 nitrogen and oxygen atoms in total. The molecule has 0 aromatic heterocycles. The number of carbonyl (C=O) groups is 2. The lowest BCUT2D eigenvalue weighted by atomic mass is 9.77. The molecular weight excluding hydrogens is 504 g/mol. The van der Waals surface area contributed by atoms with Gasteiger partial charge in [-0.25, -0.2) is 0 Å². The number of fused-ring (bicyclic) bond motifs is 3. The van der Waals surface area contributed by atoms with Crippen molar-refractivity contribution in [2.75, 3.05) is 33.4 Å². The summed E-state index contributed by atoms with van der Waals surface area (Å²) >= 11 is 0. The van der Waals surface area contributed by atoms with Crippen LogP contribution in [0.5, 0.6) is 11.5 Å². The van der Waals surface area contributed by atoms with Crippen LogP contribution in [-0.2, 0) is 20.9 Å². The maximum absolute atomic E-state index is 13.6. The van der Waals surface area contributed by atoms with E-state index in [-0.39, 0.29) is 31.8 Å². The Morgan fingerprint density at radius 2 is 2.10 bits per heavy atom. The first kappa shape index (κ1) is 29.1. The molecular formula is C29H40N2O8. The van der Waals surface area contributed by atoms with Crippen molar-refractivity contribution in [3.05, 3.63) is 47.6 Å². The van der Waals surface area contributed by atoms with E-state index in [2.05, 4.69) is 11.9 Å². The van der Waals surface area contributed by atoms with Crippen LogP contribution >= 0.6 is 0 Å². The minimum atomic E-state index is -1.14. The van der Waals surface area contributed by atoms with Crippen molar-refractivity contribution in [3.8, 4) is 11.5 Å². The van der Waals surface area contributed by atoms with Gasteiger partial charge in [-0.2, -0.15) is 0 Å². The number of ether oxygens (including phenoxy) is 3. The van der Waals surface area contributed by atoms with Gasteiger partial charge in [0.25, 0.3) is 0 Å². The van der Waals surface area contributed by atoms with E-state index < -0.39 is 30.1 Å². The van der Waals surface area contributed by atoms with E-state index in [1.807, 2.05) is 6.08 Å². The summed E-state index contributed by atoms with van der Waals surface area (Å²) < 4.78 is 17.6. The molecule has 2 amide bonds. The molecule has 0 radical (unpaired) electrons. The third-order valence-electron chi connectivity index (χ3n) is 7.65. The van der Waals surface area contributed by atoms with E-state index in [1.54, 1.807) is 23.1 Å². The summed E-state index contributed by atoms with van der Waals surface area (Å²) in [5.74, 6) is -0.418. The molecule has 1 aromatic rings. The van der Waals surface area contributed by atoms with Crippen LogP contribution < -0.4 is 14.8 Å². The fourth-order valence-electron chi connectivity index (χ4n) is 5.73. The van der Waals surface area contributed by atoms with Gasteiger partial charge in [0, 0.05) is 37.3 Å². The Labute approximate surface area is 229 Å². The van der Waals surface area contributed by atoms with Crippen molar-refractivity contribution >= 4 is 11.8 Å². The predicted octanol–water partition coefficient (Wildman–Crippen LogP) is 1.56. The van der Waals surface area contributed by atoms with Gasteiger partial charge in [0.05, 0.1) is 38.4 Å². The third-order valence-corrected chi connectivity index (χ3v) is 7.65. The molecule has 0 spiro atoms. The molecule has 1 aliphatic carbocycles. The zero-order valence-electron chi connectivity index (χ0n) is 22.5. The first-order chi connectivity index (χ1) is 18.9. The molecule has 0 saturated carbocycles. The van der Waals surface area contributed by atoms with Crippen LogP contribution in [0.1, 0.15) is 55.6 Å². The number of carbonyl (C=O) groups excluding carboxylic acids is 2. The number of allylic oxidation sites excluding steroid dienone is 1. The summed E-state index contributed by atoms with van der Waals surface area (Å²) in [5.41, 5.74) is 1.53. The lowest BCUT2D eigenvalue weighted by molar-refractivity contribution is -0.139. The lowest BCUT2D eigenvalue weighted by Crippen LogP contribution is -2.57. The topological polar surface area (TPSA) is 138 Å². The highest BCUT2D eigenvalue weighted by Crippen LogP contribution is 2.51. The summed E-state index contributed by atoms with van der Waals surface area (Å²) in [7, 11) is 1.49. The molecule has 4 rings (SSSR count). The highest BCUT2D eigenvalue weighted by Gasteiger charge is 2.51. The molecule has 5 atom stereocenters. The summed E-state index contributed by atoms with van der Waals surface area (Å²) in [6.07, 6.45) is 5.66. The van der Waals surface area contributed by atoms with Crippen molar-refractivity contribution in [1.82, 2.24) is 10.2 Å². The first-order valence-corrected chi connectivity index (χ1v) is 13.7. The molecule has 2 heterocycles. The summed E-state index contributed by atoms with van der Waals surface area (Å²) in [6.45, 7) is 4.24. The van der Waals surface area contributed by atoms with Gasteiger partial charge >= 0.3 is 0 Å². The summed E-state index contributed by atoms with van der Waals surface area (Å²) in [4.78, 5) is 28.6. The number of unbranched alkanes of at least 4 members (excludes halogenated alkanes) is 2. The number of nitrogens with one attached hydrogen (secondary N) is 1. The molecule has 1 saturated heterocycles. The van der Waals surface area contributed by atoms with E-state index in [1.165, 1.54) is 7.11 Å². The molecule has 1 aromatic carbocycles. The monoisotopic (exact) mass is 544 g/mol. The van der Waals surface area contributed by atoms with E-state index in [0.29, 0.717) is 54.2 Å². The standard InChI is InChI=1S/C29H40N2O8/c1-3-4-5-6-9-24(34)31(16-19-8-7-12-38-19)22-15-21(29(36)30-10-11-32)25-20-13-18(17-33)14-23(37-2)27(20)39-28(25)26(22)35/h3,13-15,19,22,25-26,28,32-33,35H,1,4-12,16-17H2,2H3,(H,30,36). The second-order valence-corrected chi connectivity index (χ2v) is 10.2. The molecule has 39 heavy (non-hydrogen) atoms. The van der Waals surface area contributed by atoms with Crippen LogP contribution in [0.15, 0.2) is 36.4 Å². The third kappa shape index (κ3) is 6.30. The van der Waals surface area contributed by atoms with Crippen LogP contribution in [0.4, 0.5) is 0 Å². The van der Waals surface area contributed by atoms with E-state index in [9.17, 15) is 24.9 Å². The number of aliphatic hydroxyl groups excluding tert-OH is 3. The maximum atomic E-state index is 13.6. The molecule has 2 aliphatic heterocycles. The average Bonchev–Trinajstić information content (AvgIpc) is 3.61. The molecule has 10 heteroatoms. The van der Waals surface area contributed by atoms with Gasteiger partial charge in [0.15, 0.2) is 11.5 Å². The highest BCUT2D eigenvalue weighted by atomic mass is 16.5. The van der Waals surface area contributed by atoms with Gasteiger partial charge in [-0.3, -0.25) is 9.59 Å². The van der Waals surface area contributed by atoms with Crippen molar-refractivity contribution in [2.45, 2.75) is 75.4 Å². The largest absolute Gasteiger partial charge is 0.493 e. The van der Waals surface area contributed by atoms with Crippen LogP contribution in [0.3, 0.4) is 0 Å². The quantitative estimate of drug-likeness (QED) is 0.217. The van der Waals surface area contributed by atoms with Gasteiger partial charge in [-0.1, -0.05) is 6.08 Å². The zero-order chi connectivity index (χ0) is 27.9. The molecule has 4 N–H and O–H groups in total. The molecule has 214 valence electrons. The Morgan fingerprint density at radius 3 is 2.77 bits per heavy atom. The number of methoxy groups -OCH3 is 1. The fraction of sp³-hybridized carbons (Fsp3) is 0.586. The van der Waals surface area contributed by atoms with Crippen LogP contribution in [-0.4, -0.2) is 89.8 Å². The van der Waals surface area contributed by atoms with Crippen molar-refractivity contribution in [2.24, 2.45) is 0 Å². The van der Waals surface area contributed by atoms with Crippen molar-refractivity contribution in [3.63, 3.8) is 0 Å². The Kier molecular flexibility index (Phi) is 10.0. The predicted molar refractivity (Wildman–Crippen MR) is 143 cm³/mol. The minimum absolute atomic E-state index is 0.0519. The first-order valence-electron chi connectivity index (χ1n) is 13.7. The van der Waals surface area contributed by atoms with Crippen LogP contribution in [0.25, 0.3) is 0 Å². The van der Waals surface area contributed by atoms with Crippen molar-refractivity contribution in [1.29, 1.82) is 0 Å². The summed E-state index contributed by atoms with van der Waals surface area (Å²) in [5, 5.41) is 33.5. The van der Waals surface area contributed by atoms with Gasteiger partial charge in [0.1, 0.15) is 12.2 Å². The Bertz CT molecular complexity index is 1070. The smallest absolute Gasteiger partial charge is 0.247 e. The molecule has 3 aliphatic rings. The van der Waals surface area contributed by atoms with E-state index >= 15 is 0 Å². The van der Waals surface area contributed by atoms with Gasteiger partial charge in [0.2, 0.25) is 11.8 Å². The number of hydrogen-bond acceptors (Lipinski definition) is 8. The average molecular weight is 545 g/mol. The van der Waals surface area contributed by atoms with Gasteiger partial charge in [-0.15, -0.1) is 6.58 Å². The maximum Gasteiger partial charge on any atom is 0.247 e. The van der Waals surface area contributed by atoms with E-state index in [0.717, 1.165) is 25.7 Å². The minimum Gasteiger partial charge on any atom is -0.493 e. The van der Waals surface area contributed by atoms with Crippen LogP contribution in [0.2, 0.25) is 0 Å². The second kappa shape index (κ2) is 13.4. The highest BCUT2D eigenvalue weighted by molar-refractivity contribution is 5.96. The van der Waals surface area contributed by atoms with Gasteiger partial charge < -0.3 is 39.7 Å². The molecule has 1 fully saturated rings. The van der Waals surface area contributed by atoms with Gasteiger partial charge in [-0.05, 0) is 55.9 Å². The second-order valence-electron chi connectivity index (χ2n) is 10.2. The summed E-state index contributed by atoms with van der Waals surface area (Å²) in [6, 6.07) is 2.58. The lowest BCUT2D eigenvalue weighted by Gasteiger charge is -2.41. The molecule has 5 unspecified atom stereocenters. The number of rotatable bonds is 13. The SMILES string of the molecule is C=CCCCCC(=O)N(CC1CCCO1)C1C=C(C(=O)NCCO)C2c3cc(CO)cc(OC)c3OC2C1O. The van der Waals surface area contributed by atoms with Crippen LogP contribution in [0, 0.1) is 0 Å². The Morgan fingerprint density at radius 1 is 1.28 bits per heavy atom. The molecule has 0 bridgehead atoms.